The Balaban J connectivity index is 1.22. The number of carbonyl (C=O) groups excluding carboxylic acids is 1. The summed E-state index contributed by atoms with van der Waals surface area (Å²) in [5.41, 5.74) is 0.828. The molecule has 0 aliphatic carbocycles. The summed E-state index contributed by atoms with van der Waals surface area (Å²) in [6, 6.07) is 8.82. The third-order valence-corrected chi connectivity index (χ3v) is 7.15. The summed E-state index contributed by atoms with van der Waals surface area (Å²) < 4.78 is 17.4. The molecule has 1 amide bonds. The van der Waals surface area contributed by atoms with Crippen LogP contribution >= 0.6 is 34.5 Å². The molecule has 8 nitrogen and oxygen atoms in total. The van der Waals surface area contributed by atoms with Crippen molar-refractivity contribution >= 4 is 55.8 Å². The summed E-state index contributed by atoms with van der Waals surface area (Å²) in [5.74, 6) is 1.59. The number of thiazole rings is 1. The summed E-state index contributed by atoms with van der Waals surface area (Å²) in [4.78, 5) is 21.5. The van der Waals surface area contributed by atoms with Gasteiger partial charge in [-0.3, -0.25) is 9.69 Å². The predicted molar refractivity (Wildman–Crippen MR) is 136 cm³/mol. The van der Waals surface area contributed by atoms with Crippen LogP contribution in [0, 0.1) is 0 Å². The molecule has 2 aromatic carbocycles. The lowest BCUT2D eigenvalue weighted by atomic mass is 10.3. The normalized spacial score (nSPS) is 14.3. The summed E-state index contributed by atoms with van der Waals surface area (Å²) in [5, 5.41) is 4.77. The SMILES string of the molecule is COc1ccc2sc(N3CCN(CCNC(=O)COc4ccc(Cl)cc4Cl)CC3)nc2c1OC. The Morgan fingerprint density at radius 3 is 2.56 bits per heavy atom. The zero-order chi connectivity index (χ0) is 24.1. The Kier molecular flexibility index (Phi) is 8.20. The third kappa shape index (κ3) is 5.78. The molecule has 1 aliphatic rings. The number of anilines is 1. The van der Waals surface area contributed by atoms with Gasteiger partial charge in [0.2, 0.25) is 0 Å². The number of fused-ring (bicyclic) bond motifs is 1. The number of methoxy groups -OCH3 is 2. The fourth-order valence-electron chi connectivity index (χ4n) is 3.74. The molecule has 11 heteroatoms. The first-order chi connectivity index (χ1) is 16.5. The molecule has 1 N–H and O–H groups in total. The molecule has 0 unspecified atom stereocenters. The lowest BCUT2D eigenvalue weighted by Gasteiger charge is -2.34. The van der Waals surface area contributed by atoms with Crippen molar-refractivity contribution in [2.45, 2.75) is 0 Å². The van der Waals surface area contributed by atoms with Crippen LogP contribution in [0.15, 0.2) is 30.3 Å². The number of hydrogen-bond acceptors (Lipinski definition) is 8. The van der Waals surface area contributed by atoms with Crippen molar-refractivity contribution in [3.63, 3.8) is 0 Å². The molecular formula is C23H26Cl2N4O4S. The van der Waals surface area contributed by atoms with E-state index in [1.165, 1.54) is 0 Å². The van der Waals surface area contributed by atoms with Crippen molar-refractivity contribution in [3.8, 4) is 17.2 Å². The zero-order valence-electron chi connectivity index (χ0n) is 19.0. The molecule has 0 bridgehead atoms. The molecule has 3 aromatic rings. The Bertz CT molecular complexity index is 1150. The second-order valence-corrected chi connectivity index (χ2v) is 9.54. The lowest BCUT2D eigenvalue weighted by molar-refractivity contribution is -0.123. The van der Waals surface area contributed by atoms with Crippen molar-refractivity contribution in [2.75, 3.05) is 65.0 Å². The quantitative estimate of drug-likeness (QED) is 0.454. The smallest absolute Gasteiger partial charge is 0.257 e. The van der Waals surface area contributed by atoms with Gasteiger partial charge in [-0.25, -0.2) is 4.98 Å². The molecule has 2 heterocycles. The molecule has 182 valence electrons. The van der Waals surface area contributed by atoms with Gasteiger partial charge in [-0.05, 0) is 30.3 Å². The summed E-state index contributed by atoms with van der Waals surface area (Å²) in [7, 11) is 3.26. The monoisotopic (exact) mass is 524 g/mol. The van der Waals surface area contributed by atoms with Crippen molar-refractivity contribution in [1.29, 1.82) is 0 Å². The molecule has 0 spiro atoms. The molecule has 0 saturated carbocycles. The van der Waals surface area contributed by atoms with Gasteiger partial charge in [0, 0.05) is 44.3 Å². The van der Waals surface area contributed by atoms with Gasteiger partial charge in [0.25, 0.3) is 5.91 Å². The summed E-state index contributed by atoms with van der Waals surface area (Å²) >= 11 is 13.6. The van der Waals surface area contributed by atoms with E-state index >= 15 is 0 Å². The number of piperazine rings is 1. The number of ether oxygens (including phenoxy) is 3. The number of nitrogens with zero attached hydrogens (tertiary/aromatic N) is 3. The van der Waals surface area contributed by atoms with E-state index in [-0.39, 0.29) is 12.5 Å². The van der Waals surface area contributed by atoms with Crippen LogP contribution in [0.2, 0.25) is 10.0 Å². The standard InChI is InChI=1S/C23H26Cl2N4O4S/c1-31-18-5-6-19-21(22(18)32-2)27-23(34-19)29-11-9-28(10-12-29)8-7-26-20(30)14-33-17-4-3-15(24)13-16(17)25/h3-6,13H,7-12,14H2,1-2H3,(H,26,30). The van der Waals surface area contributed by atoms with Crippen LogP contribution in [0.1, 0.15) is 0 Å². The molecular weight excluding hydrogens is 499 g/mol. The molecule has 0 atom stereocenters. The molecule has 1 saturated heterocycles. The lowest BCUT2D eigenvalue weighted by Crippen LogP contribution is -2.48. The maximum Gasteiger partial charge on any atom is 0.257 e. The Morgan fingerprint density at radius 2 is 1.85 bits per heavy atom. The average molecular weight is 525 g/mol. The van der Waals surface area contributed by atoms with Crippen molar-refractivity contribution in [2.24, 2.45) is 0 Å². The van der Waals surface area contributed by atoms with E-state index in [1.54, 1.807) is 43.8 Å². The van der Waals surface area contributed by atoms with E-state index in [4.69, 9.17) is 42.4 Å². The van der Waals surface area contributed by atoms with Gasteiger partial charge in [0.1, 0.15) is 11.3 Å². The van der Waals surface area contributed by atoms with Crippen LogP contribution in [0.25, 0.3) is 10.2 Å². The van der Waals surface area contributed by atoms with Gasteiger partial charge in [-0.2, -0.15) is 0 Å². The van der Waals surface area contributed by atoms with Crippen molar-refractivity contribution in [1.82, 2.24) is 15.2 Å². The van der Waals surface area contributed by atoms with Crippen LogP contribution in [0.3, 0.4) is 0 Å². The molecule has 0 radical (unpaired) electrons. The van der Waals surface area contributed by atoms with Gasteiger partial charge in [-0.15, -0.1) is 0 Å². The molecule has 34 heavy (non-hydrogen) atoms. The fourth-order valence-corrected chi connectivity index (χ4v) is 5.22. The number of amides is 1. The first kappa shape index (κ1) is 24.7. The minimum atomic E-state index is -0.191. The molecule has 1 aliphatic heterocycles. The van der Waals surface area contributed by atoms with E-state index < -0.39 is 0 Å². The van der Waals surface area contributed by atoms with E-state index in [0.717, 1.165) is 48.1 Å². The Labute approximate surface area is 212 Å². The molecule has 4 rings (SSSR count). The number of hydrogen-bond donors (Lipinski definition) is 1. The van der Waals surface area contributed by atoms with Crippen molar-refractivity contribution in [3.05, 3.63) is 40.4 Å². The number of nitrogens with one attached hydrogen (secondary N) is 1. The maximum absolute atomic E-state index is 12.1. The average Bonchev–Trinajstić information content (AvgIpc) is 3.27. The summed E-state index contributed by atoms with van der Waals surface area (Å²) in [6.45, 7) is 4.74. The number of halogens is 2. The zero-order valence-corrected chi connectivity index (χ0v) is 21.3. The van der Waals surface area contributed by atoms with Crippen LogP contribution in [0.4, 0.5) is 5.13 Å². The van der Waals surface area contributed by atoms with Crippen LogP contribution in [-0.2, 0) is 4.79 Å². The van der Waals surface area contributed by atoms with E-state index in [1.807, 2.05) is 12.1 Å². The van der Waals surface area contributed by atoms with Crippen LogP contribution in [-0.4, -0.2) is 75.9 Å². The van der Waals surface area contributed by atoms with E-state index in [9.17, 15) is 4.79 Å². The highest BCUT2D eigenvalue weighted by Crippen LogP contribution is 2.40. The number of rotatable bonds is 9. The van der Waals surface area contributed by atoms with Gasteiger partial charge in [0.15, 0.2) is 23.2 Å². The van der Waals surface area contributed by atoms with Crippen molar-refractivity contribution < 1.29 is 19.0 Å². The maximum atomic E-state index is 12.1. The highest BCUT2D eigenvalue weighted by atomic mass is 35.5. The van der Waals surface area contributed by atoms with E-state index in [2.05, 4.69) is 15.1 Å². The van der Waals surface area contributed by atoms with Gasteiger partial charge in [0.05, 0.1) is 23.9 Å². The predicted octanol–water partition coefficient (Wildman–Crippen LogP) is 3.94. The first-order valence-corrected chi connectivity index (χ1v) is 12.4. The number of carbonyl (C=O) groups is 1. The minimum absolute atomic E-state index is 0.0962. The van der Waals surface area contributed by atoms with Gasteiger partial charge >= 0.3 is 0 Å². The van der Waals surface area contributed by atoms with E-state index in [0.29, 0.717) is 33.8 Å². The molecule has 1 aromatic heterocycles. The molecule has 1 fully saturated rings. The largest absolute Gasteiger partial charge is 0.493 e. The fraction of sp³-hybridized carbons (Fsp3) is 0.391. The number of aromatic nitrogens is 1. The second kappa shape index (κ2) is 11.3. The first-order valence-electron chi connectivity index (χ1n) is 10.8. The highest BCUT2D eigenvalue weighted by Gasteiger charge is 2.21. The second-order valence-electron chi connectivity index (χ2n) is 7.69. The minimum Gasteiger partial charge on any atom is -0.493 e. The Morgan fingerprint density at radius 1 is 1.09 bits per heavy atom. The van der Waals surface area contributed by atoms with Crippen LogP contribution < -0.4 is 24.4 Å². The highest BCUT2D eigenvalue weighted by molar-refractivity contribution is 7.22. The third-order valence-electron chi connectivity index (χ3n) is 5.54. The topological polar surface area (TPSA) is 76.2 Å². The van der Waals surface area contributed by atoms with Crippen LogP contribution in [0.5, 0.6) is 17.2 Å². The Hall–Kier alpha value is -2.46. The van der Waals surface area contributed by atoms with Gasteiger partial charge in [-0.1, -0.05) is 34.5 Å². The summed E-state index contributed by atoms with van der Waals surface area (Å²) in [6.07, 6.45) is 0. The van der Waals surface area contributed by atoms with Gasteiger partial charge < -0.3 is 24.4 Å². The number of benzene rings is 2.